The number of fused-ring (bicyclic) bond motifs is 3. The van der Waals surface area contributed by atoms with Crippen molar-refractivity contribution in [1.29, 1.82) is 0 Å². The lowest BCUT2D eigenvalue weighted by Gasteiger charge is -2.12. The summed E-state index contributed by atoms with van der Waals surface area (Å²) >= 11 is 0. The highest BCUT2D eigenvalue weighted by Gasteiger charge is 2.23. The van der Waals surface area contributed by atoms with Gasteiger partial charge in [-0.05, 0) is 46.7 Å². The van der Waals surface area contributed by atoms with E-state index in [1.807, 2.05) is 6.07 Å². The molecular formula is C17H17N. The topological polar surface area (TPSA) is 26.0 Å². The summed E-state index contributed by atoms with van der Waals surface area (Å²) in [4.78, 5) is 0. The van der Waals surface area contributed by atoms with E-state index in [9.17, 15) is 0 Å². The Kier molecular flexibility index (Phi) is 2.48. The van der Waals surface area contributed by atoms with Gasteiger partial charge in [-0.15, -0.1) is 0 Å². The first-order chi connectivity index (χ1) is 8.72. The lowest BCUT2D eigenvalue weighted by molar-refractivity contribution is 1.20. The molecule has 1 heteroatoms. The molecule has 0 bridgehead atoms. The van der Waals surface area contributed by atoms with Crippen molar-refractivity contribution >= 4 is 11.3 Å². The van der Waals surface area contributed by atoms with Crippen molar-refractivity contribution in [3.8, 4) is 11.1 Å². The smallest absolute Gasteiger partial charge is 0.0397 e. The van der Waals surface area contributed by atoms with Crippen molar-refractivity contribution in [2.24, 2.45) is 0 Å². The number of anilines is 1. The number of hydrogen-bond acceptors (Lipinski definition) is 1. The second-order valence-electron chi connectivity index (χ2n) is 4.85. The number of nitrogens with two attached hydrogens (primary N) is 1. The van der Waals surface area contributed by atoms with Gasteiger partial charge in [0.1, 0.15) is 0 Å². The molecule has 1 aliphatic rings. The number of nitrogen functional groups attached to an aromatic ring is 1. The standard InChI is InChI=1S/C17H17N/c1-3-11(2)13-8-9-16(18)17-14-7-5-4-6-12(14)10-15(13)17/h4-9H,2-3,10,18H2,1H3. The molecule has 0 fully saturated rings. The molecule has 2 aromatic rings. The van der Waals surface area contributed by atoms with Crippen molar-refractivity contribution < 1.29 is 0 Å². The third kappa shape index (κ3) is 1.47. The maximum Gasteiger partial charge on any atom is 0.0397 e. The van der Waals surface area contributed by atoms with Gasteiger partial charge in [0.25, 0.3) is 0 Å². The van der Waals surface area contributed by atoms with E-state index < -0.39 is 0 Å². The predicted molar refractivity (Wildman–Crippen MR) is 78.4 cm³/mol. The Hall–Kier alpha value is -2.02. The van der Waals surface area contributed by atoms with E-state index in [1.165, 1.54) is 33.4 Å². The number of rotatable bonds is 2. The van der Waals surface area contributed by atoms with E-state index in [-0.39, 0.29) is 0 Å². The minimum absolute atomic E-state index is 0.877. The van der Waals surface area contributed by atoms with Crippen LogP contribution in [0.1, 0.15) is 30.0 Å². The fraction of sp³-hybridized carbons (Fsp3) is 0.176. The SMILES string of the molecule is C=C(CC)c1ccc(N)c2c1Cc1ccccc1-2. The quantitative estimate of drug-likeness (QED) is 0.660. The number of hydrogen-bond donors (Lipinski definition) is 1. The lowest BCUT2D eigenvalue weighted by Crippen LogP contribution is -1.95. The van der Waals surface area contributed by atoms with Crippen LogP contribution < -0.4 is 5.73 Å². The molecule has 0 amide bonds. The summed E-state index contributed by atoms with van der Waals surface area (Å²) in [6.45, 7) is 6.32. The molecule has 1 aliphatic carbocycles. The normalized spacial score (nSPS) is 12.1. The Bertz CT molecular complexity index is 638. The first-order valence-corrected chi connectivity index (χ1v) is 6.40. The van der Waals surface area contributed by atoms with Crippen molar-refractivity contribution in [2.45, 2.75) is 19.8 Å². The average Bonchev–Trinajstić information content (AvgIpc) is 2.78. The summed E-state index contributed by atoms with van der Waals surface area (Å²) in [7, 11) is 0. The molecule has 0 atom stereocenters. The summed E-state index contributed by atoms with van der Waals surface area (Å²) in [6.07, 6.45) is 1.96. The van der Waals surface area contributed by atoms with Crippen LogP contribution in [0, 0.1) is 0 Å². The van der Waals surface area contributed by atoms with Crippen molar-refractivity contribution in [3.05, 3.63) is 59.7 Å². The van der Waals surface area contributed by atoms with Crippen LogP contribution >= 0.6 is 0 Å². The lowest BCUT2D eigenvalue weighted by atomic mass is 9.94. The first kappa shape index (κ1) is 11.1. The second-order valence-corrected chi connectivity index (χ2v) is 4.85. The molecule has 0 spiro atoms. The average molecular weight is 235 g/mol. The third-order valence-corrected chi connectivity index (χ3v) is 3.81. The minimum Gasteiger partial charge on any atom is -0.398 e. The molecule has 0 heterocycles. The maximum absolute atomic E-state index is 6.17. The van der Waals surface area contributed by atoms with Crippen molar-refractivity contribution in [1.82, 2.24) is 0 Å². The van der Waals surface area contributed by atoms with E-state index >= 15 is 0 Å². The highest BCUT2D eigenvalue weighted by Crippen LogP contribution is 2.43. The molecule has 1 nitrogen and oxygen atoms in total. The van der Waals surface area contributed by atoms with E-state index in [0.29, 0.717) is 0 Å². The van der Waals surface area contributed by atoms with Gasteiger partial charge in [-0.2, -0.15) is 0 Å². The molecule has 0 aliphatic heterocycles. The van der Waals surface area contributed by atoms with Crippen LogP contribution in [0.25, 0.3) is 16.7 Å². The zero-order chi connectivity index (χ0) is 12.7. The summed E-state index contributed by atoms with van der Waals surface area (Å²) in [5.41, 5.74) is 14.7. The zero-order valence-electron chi connectivity index (χ0n) is 10.7. The van der Waals surface area contributed by atoms with Gasteiger partial charge in [0.05, 0.1) is 0 Å². The van der Waals surface area contributed by atoms with E-state index in [1.54, 1.807) is 0 Å². The van der Waals surface area contributed by atoms with Gasteiger partial charge in [-0.25, -0.2) is 0 Å². The fourth-order valence-corrected chi connectivity index (χ4v) is 2.80. The molecule has 90 valence electrons. The number of allylic oxidation sites excluding steroid dienone is 1. The monoisotopic (exact) mass is 235 g/mol. The highest BCUT2D eigenvalue weighted by molar-refractivity contribution is 5.90. The molecule has 2 N–H and O–H groups in total. The Morgan fingerprint density at radius 2 is 2.00 bits per heavy atom. The van der Waals surface area contributed by atoms with Gasteiger partial charge < -0.3 is 5.73 Å². The van der Waals surface area contributed by atoms with Crippen LogP contribution in [0.2, 0.25) is 0 Å². The molecule has 0 radical (unpaired) electrons. The van der Waals surface area contributed by atoms with Crippen LogP contribution in [0.4, 0.5) is 5.69 Å². The number of benzene rings is 2. The van der Waals surface area contributed by atoms with Gasteiger partial charge in [0, 0.05) is 11.3 Å². The van der Waals surface area contributed by atoms with Gasteiger partial charge in [-0.3, -0.25) is 0 Å². The second kappa shape index (κ2) is 4.02. The molecule has 0 saturated carbocycles. The summed E-state index contributed by atoms with van der Waals surface area (Å²) in [6, 6.07) is 12.6. The largest absolute Gasteiger partial charge is 0.398 e. The van der Waals surface area contributed by atoms with Crippen LogP contribution in [0.5, 0.6) is 0 Å². The molecule has 0 aromatic heterocycles. The van der Waals surface area contributed by atoms with Crippen molar-refractivity contribution in [3.63, 3.8) is 0 Å². The van der Waals surface area contributed by atoms with Crippen LogP contribution in [-0.2, 0) is 6.42 Å². The maximum atomic E-state index is 6.17. The molecular weight excluding hydrogens is 218 g/mol. The van der Waals surface area contributed by atoms with E-state index in [4.69, 9.17) is 5.73 Å². The Balaban J connectivity index is 2.27. The molecule has 3 rings (SSSR count). The fourth-order valence-electron chi connectivity index (χ4n) is 2.80. The van der Waals surface area contributed by atoms with Gasteiger partial charge >= 0.3 is 0 Å². The van der Waals surface area contributed by atoms with Crippen LogP contribution in [0.3, 0.4) is 0 Å². The summed E-state index contributed by atoms with van der Waals surface area (Å²) in [5.74, 6) is 0. The van der Waals surface area contributed by atoms with Crippen LogP contribution in [-0.4, -0.2) is 0 Å². The Labute approximate surface area is 108 Å². The van der Waals surface area contributed by atoms with E-state index in [2.05, 4.69) is 43.8 Å². The van der Waals surface area contributed by atoms with Crippen LogP contribution in [0.15, 0.2) is 43.0 Å². The Morgan fingerprint density at radius 3 is 2.78 bits per heavy atom. The van der Waals surface area contributed by atoms with E-state index in [0.717, 1.165) is 18.5 Å². The third-order valence-electron chi connectivity index (χ3n) is 3.81. The summed E-state index contributed by atoms with van der Waals surface area (Å²) in [5, 5.41) is 0. The van der Waals surface area contributed by atoms with Gasteiger partial charge in [-0.1, -0.05) is 43.8 Å². The summed E-state index contributed by atoms with van der Waals surface area (Å²) < 4.78 is 0. The molecule has 0 unspecified atom stereocenters. The zero-order valence-corrected chi connectivity index (χ0v) is 10.7. The molecule has 2 aromatic carbocycles. The minimum atomic E-state index is 0.877. The van der Waals surface area contributed by atoms with Gasteiger partial charge in [0.2, 0.25) is 0 Å². The Morgan fingerprint density at radius 1 is 1.22 bits per heavy atom. The molecule has 18 heavy (non-hydrogen) atoms. The first-order valence-electron chi connectivity index (χ1n) is 6.40. The molecule has 0 saturated heterocycles. The van der Waals surface area contributed by atoms with Crippen molar-refractivity contribution in [2.75, 3.05) is 5.73 Å². The highest BCUT2D eigenvalue weighted by atomic mass is 14.6. The van der Waals surface area contributed by atoms with Gasteiger partial charge in [0.15, 0.2) is 0 Å². The predicted octanol–water partition coefficient (Wildman–Crippen LogP) is 4.26.